The Morgan fingerprint density at radius 3 is 2.38 bits per heavy atom. The highest BCUT2D eigenvalue weighted by Gasteiger charge is 2.28. The van der Waals surface area contributed by atoms with E-state index >= 15 is 4.39 Å². The van der Waals surface area contributed by atoms with Gasteiger partial charge in [0.15, 0.2) is 0 Å². The number of halogens is 1. The summed E-state index contributed by atoms with van der Waals surface area (Å²) >= 11 is 0. The van der Waals surface area contributed by atoms with Crippen LogP contribution in [-0.2, 0) is 14.3 Å². The molecule has 2 amide bonds. The zero-order chi connectivity index (χ0) is 38.5. The van der Waals surface area contributed by atoms with Crippen LogP contribution in [0.4, 0.5) is 14.9 Å². The van der Waals surface area contributed by atoms with Gasteiger partial charge in [0.1, 0.15) is 30.2 Å². The number of benzene rings is 1. The summed E-state index contributed by atoms with van der Waals surface area (Å²) in [6.45, 7) is 9.44. The Morgan fingerprint density at radius 2 is 1.74 bits per heavy atom. The van der Waals surface area contributed by atoms with Crippen molar-refractivity contribution in [3.63, 3.8) is 0 Å². The van der Waals surface area contributed by atoms with Crippen LogP contribution in [-0.4, -0.2) is 126 Å². The maximum absolute atomic E-state index is 15.0. The number of amides is 2. The third-order valence-corrected chi connectivity index (χ3v) is 10.5. The molecule has 0 unspecified atom stereocenters. The summed E-state index contributed by atoms with van der Waals surface area (Å²) in [5.41, 5.74) is 2.40. The van der Waals surface area contributed by atoms with Crippen LogP contribution < -0.4 is 4.90 Å². The summed E-state index contributed by atoms with van der Waals surface area (Å²) in [5, 5.41) is 10.1. The Kier molecular flexibility index (Phi) is 15.6. The van der Waals surface area contributed by atoms with Crippen molar-refractivity contribution < 1.29 is 33.4 Å². The second-order valence-electron chi connectivity index (χ2n) is 14.5. The van der Waals surface area contributed by atoms with Gasteiger partial charge in [0.05, 0.1) is 12.3 Å². The molecule has 2 aromatic rings. The molecule has 12 nitrogen and oxygen atoms in total. The highest BCUT2D eigenvalue weighted by atomic mass is 19.1. The number of anilines is 1. The summed E-state index contributed by atoms with van der Waals surface area (Å²) in [6, 6.07) is 4.94. The smallest absolute Gasteiger partial charge is 0.410 e. The van der Waals surface area contributed by atoms with Gasteiger partial charge >= 0.3 is 6.09 Å². The van der Waals surface area contributed by atoms with Gasteiger partial charge in [0.25, 0.3) is 5.91 Å². The van der Waals surface area contributed by atoms with Crippen molar-refractivity contribution in [1.82, 2.24) is 24.7 Å². The summed E-state index contributed by atoms with van der Waals surface area (Å²) in [5.74, 6) is -1.49. The van der Waals surface area contributed by atoms with Crippen molar-refractivity contribution in [1.29, 1.82) is 0 Å². The van der Waals surface area contributed by atoms with Crippen LogP contribution in [0.2, 0.25) is 0 Å². The molecular weight excluding hydrogens is 679 g/mol. The van der Waals surface area contributed by atoms with E-state index in [4.69, 9.17) is 4.74 Å². The third kappa shape index (κ3) is 12.0. The molecule has 2 saturated heterocycles. The first-order valence-electron chi connectivity index (χ1n) is 18.6. The average Bonchev–Trinajstić information content (AvgIpc) is 3.15. The normalized spacial score (nSPS) is 19.0. The molecule has 1 aromatic carbocycles. The van der Waals surface area contributed by atoms with Gasteiger partial charge in [-0.2, -0.15) is 0 Å². The van der Waals surface area contributed by atoms with E-state index in [1.54, 1.807) is 9.80 Å². The molecule has 2 aliphatic heterocycles. The summed E-state index contributed by atoms with van der Waals surface area (Å²) < 4.78 is 21.0. The number of rotatable bonds is 16. The number of likely N-dealkylation sites (N-methyl/N-ethyl adjacent to an activating group) is 1. The van der Waals surface area contributed by atoms with Gasteiger partial charge in [0, 0.05) is 82.8 Å². The largest absolute Gasteiger partial charge is 0.442 e. The van der Waals surface area contributed by atoms with Crippen LogP contribution in [0.1, 0.15) is 68.9 Å². The lowest BCUT2D eigenvalue weighted by atomic mass is 9.86. The van der Waals surface area contributed by atoms with E-state index in [0.717, 1.165) is 24.9 Å². The molecule has 1 N–H and O–H groups in total. The van der Waals surface area contributed by atoms with Crippen molar-refractivity contribution >= 4 is 36.3 Å². The molecule has 0 saturated carbocycles. The number of aliphatic hydroxyl groups excluding tert-OH is 1. The van der Waals surface area contributed by atoms with E-state index < -0.39 is 30.0 Å². The zero-order valence-corrected chi connectivity index (χ0v) is 31.6. The molecule has 53 heavy (non-hydrogen) atoms. The maximum atomic E-state index is 15.0. The van der Waals surface area contributed by atoms with Crippen molar-refractivity contribution in [2.45, 2.75) is 71.1 Å². The predicted molar refractivity (Wildman–Crippen MR) is 202 cm³/mol. The molecule has 2 fully saturated rings. The molecule has 5 atom stereocenters. The van der Waals surface area contributed by atoms with E-state index in [9.17, 15) is 24.3 Å². The molecular formula is C40H55FN6O6. The number of allylic oxidation sites excluding steroid dienone is 2. The van der Waals surface area contributed by atoms with Gasteiger partial charge in [-0.1, -0.05) is 31.6 Å². The first-order chi connectivity index (χ1) is 25.4. The average molecular weight is 735 g/mol. The molecule has 0 aliphatic carbocycles. The lowest BCUT2D eigenvalue weighted by molar-refractivity contribution is -0.111. The van der Waals surface area contributed by atoms with Gasteiger partial charge in [-0.05, 0) is 81.3 Å². The molecule has 0 bridgehead atoms. The number of carbonyl (C=O) groups is 4. The van der Waals surface area contributed by atoms with Crippen LogP contribution in [0.15, 0.2) is 54.5 Å². The number of aromatic nitrogens is 2. The predicted octanol–water partition coefficient (Wildman–Crippen LogP) is 4.89. The molecule has 4 rings (SSSR count). The maximum Gasteiger partial charge on any atom is 0.410 e. The Labute approximate surface area is 312 Å². The molecule has 0 spiro atoms. The van der Waals surface area contributed by atoms with Crippen LogP contribution in [0.3, 0.4) is 0 Å². The van der Waals surface area contributed by atoms with Gasteiger partial charge in [-0.25, -0.2) is 14.2 Å². The van der Waals surface area contributed by atoms with Crippen LogP contribution in [0, 0.1) is 23.6 Å². The summed E-state index contributed by atoms with van der Waals surface area (Å²) in [7, 11) is 3.94. The van der Waals surface area contributed by atoms with Gasteiger partial charge < -0.3 is 39.0 Å². The second kappa shape index (κ2) is 20.1. The van der Waals surface area contributed by atoms with Crippen molar-refractivity contribution in [3.8, 4) is 0 Å². The molecule has 3 heterocycles. The number of aliphatic hydroxyl groups is 1. The van der Waals surface area contributed by atoms with E-state index in [1.165, 1.54) is 30.7 Å². The lowest BCUT2D eigenvalue weighted by Gasteiger charge is -2.37. The Balaban J connectivity index is 1.43. The van der Waals surface area contributed by atoms with Crippen LogP contribution in [0.5, 0.6) is 0 Å². The Hall–Kier alpha value is -4.49. The second-order valence-corrected chi connectivity index (χ2v) is 14.5. The quantitative estimate of drug-likeness (QED) is 0.188. The van der Waals surface area contributed by atoms with Crippen LogP contribution in [0.25, 0.3) is 6.08 Å². The standard InChI is InChI=1S/C40H55FN6O6/c1-28(7-9-38(29(2)6-8-35(50)12-21-48)53-40(52)47-19-17-44(4)18-20-47)36(27-49)30(3)22-31-23-32(41)25-34(24-31)45(5)33-10-15-46(16-11-33)39(51)37-26-42-13-14-43-37/h7,9,13-14,21-29,33,35-36,38,50H,6,8,10-12,15-20H2,1-5H3/b9-7+,30-22+/t28-,29-,35+,36-,38-/m0/s1. The van der Waals surface area contributed by atoms with E-state index in [2.05, 4.69) is 14.9 Å². The van der Waals surface area contributed by atoms with Crippen molar-refractivity contribution in [2.24, 2.45) is 17.8 Å². The highest BCUT2D eigenvalue weighted by molar-refractivity contribution is 5.92. The van der Waals surface area contributed by atoms with Crippen molar-refractivity contribution in [2.75, 3.05) is 58.3 Å². The number of carbonyl (C=O) groups excluding carboxylic acids is 4. The van der Waals surface area contributed by atoms with Gasteiger partial charge in [-0.3, -0.25) is 9.78 Å². The Morgan fingerprint density at radius 1 is 1.02 bits per heavy atom. The summed E-state index contributed by atoms with van der Waals surface area (Å²) in [4.78, 5) is 65.1. The number of hydrogen-bond donors (Lipinski definition) is 1. The number of hydrogen-bond acceptors (Lipinski definition) is 10. The minimum atomic E-state index is -0.762. The van der Waals surface area contributed by atoms with Gasteiger partial charge in [-0.15, -0.1) is 0 Å². The molecule has 288 valence electrons. The summed E-state index contributed by atoms with van der Waals surface area (Å²) in [6.07, 6.45) is 12.2. The number of nitrogens with zero attached hydrogens (tertiary/aromatic N) is 6. The van der Waals surface area contributed by atoms with E-state index in [0.29, 0.717) is 75.1 Å². The lowest BCUT2D eigenvalue weighted by Crippen LogP contribution is -2.48. The van der Waals surface area contributed by atoms with Gasteiger partial charge in [0.2, 0.25) is 0 Å². The number of ether oxygens (including phenoxy) is 1. The van der Waals surface area contributed by atoms with E-state index in [1.807, 2.05) is 64.1 Å². The molecule has 13 heteroatoms. The molecule has 1 aromatic heterocycles. The monoisotopic (exact) mass is 734 g/mol. The number of piperidine rings is 1. The number of aldehydes is 2. The molecule has 2 aliphatic rings. The molecule has 0 radical (unpaired) electrons. The zero-order valence-electron chi connectivity index (χ0n) is 31.6. The minimum Gasteiger partial charge on any atom is -0.442 e. The SMILES string of the molecule is C/C(=C\c1cc(F)cc(N(C)C2CCN(C(=O)c3cnccn3)CC2)c1)[C@@H](C=O)[C@@H](C)/C=C/[C@H](OC(=O)N1CCN(C)CC1)[C@@H](C)CC[C@@H](O)CC=O. The number of likely N-dealkylation sites (tertiary alicyclic amines) is 1. The van der Waals surface area contributed by atoms with Crippen molar-refractivity contribution in [3.05, 3.63) is 71.6 Å². The van der Waals surface area contributed by atoms with Crippen LogP contribution >= 0.6 is 0 Å². The Bertz CT molecular complexity index is 1570. The number of piperazine rings is 1. The fourth-order valence-corrected chi connectivity index (χ4v) is 6.90. The first-order valence-corrected chi connectivity index (χ1v) is 18.6. The fourth-order valence-electron chi connectivity index (χ4n) is 6.90. The highest BCUT2D eigenvalue weighted by Crippen LogP contribution is 2.29. The topological polar surface area (TPSA) is 136 Å². The third-order valence-electron chi connectivity index (χ3n) is 10.5. The van der Waals surface area contributed by atoms with E-state index in [-0.39, 0.29) is 30.2 Å². The first kappa shape index (κ1) is 41.3. The fraction of sp³-hybridized carbons (Fsp3) is 0.550. The minimum absolute atomic E-state index is 0.0497.